The lowest BCUT2D eigenvalue weighted by Gasteiger charge is -2.07. The molecule has 0 fully saturated rings. The molecule has 0 saturated heterocycles. The molecule has 0 saturated carbocycles. The van der Waals surface area contributed by atoms with E-state index < -0.39 is 12.0 Å². The summed E-state index contributed by atoms with van der Waals surface area (Å²) >= 11 is 0. The molecule has 0 spiro atoms. The maximum Gasteiger partial charge on any atom is 0.394 e. The number of ether oxygens (including phenoxy) is 2. The molecule has 0 amide bonds. The number of hydrogen-bond acceptors (Lipinski definition) is 3. The number of carbonyl (C=O) groups excluding carboxylic acids is 1. The minimum atomic E-state index is -0.911. The molecule has 0 bridgehead atoms. The maximum absolute atomic E-state index is 11.4. The predicted molar refractivity (Wildman–Crippen MR) is 72.0 cm³/mol. The third kappa shape index (κ3) is 4.47. The maximum atomic E-state index is 11.4. The van der Waals surface area contributed by atoms with E-state index in [2.05, 4.69) is 9.58 Å². The van der Waals surface area contributed by atoms with Crippen molar-refractivity contribution in [3.05, 3.63) is 59.1 Å². The van der Waals surface area contributed by atoms with Crippen LogP contribution in [0.25, 0.3) is 4.85 Å². The van der Waals surface area contributed by atoms with E-state index in [9.17, 15) is 4.79 Å². The van der Waals surface area contributed by atoms with Crippen LogP contribution in [0, 0.1) is 6.57 Å². The molecule has 0 radical (unpaired) electrons. The molecule has 0 aliphatic rings. The zero-order valence-corrected chi connectivity index (χ0v) is 11.1. The van der Waals surface area contributed by atoms with E-state index in [0.29, 0.717) is 18.6 Å². The highest BCUT2D eigenvalue weighted by molar-refractivity contribution is 5.81. The van der Waals surface area contributed by atoms with E-state index >= 15 is 0 Å². The van der Waals surface area contributed by atoms with E-state index in [1.54, 1.807) is 0 Å². The highest BCUT2D eigenvalue weighted by Crippen LogP contribution is 2.14. The first kappa shape index (κ1) is 14.8. The quantitative estimate of drug-likeness (QED) is 0.448. The molecule has 0 aliphatic heterocycles. The van der Waals surface area contributed by atoms with Gasteiger partial charge in [0.15, 0.2) is 0 Å². The van der Waals surface area contributed by atoms with Gasteiger partial charge in [-0.2, -0.15) is 0 Å². The minimum Gasteiger partial charge on any atom is -0.496 e. The fraction of sp³-hybridized carbons (Fsp3) is 0.333. The van der Waals surface area contributed by atoms with Crippen LogP contribution in [0.15, 0.2) is 42.2 Å². The summed E-state index contributed by atoms with van der Waals surface area (Å²) in [5, 5.41) is 0. The van der Waals surface area contributed by atoms with Crippen LogP contribution in [-0.4, -0.2) is 19.1 Å². The normalized spacial score (nSPS) is 12.4. The Morgan fingerprint density at radius 3 is 2.63 bits per heavy atom. The molecule has 1 atom stereocenters. The number of rotatable bonds is 6. The lowest BCUT2D eigenvalue weighted by molar-refractivity contribution is -0.140. The van der Waals surface area contributed by atoms with E-state index in [4.69, 9.17) is 11.3 Å². The van der Waals surface area contributed by atoms with Gasteiger partial charge < -0.3 is 9.47 Å². The molecule has 1 rings (SSSR count). The van der Waals surface area contributed by atoms with Gasteiger partial charge in [-0.25, -0.2) is 11.4 Å². The summed E-state index contributed by atoms with van der Waals surface area (Å²) in [6, 6.07) is 8.78. The number of benzene rings is 1. The Kier molecular flexibility index (Phi) is 6.17. The van der Waals surface area contributed by atoms with Crippen molar-refractivity contribution >= 4 is 5.97 Å². The zero-order valence-electron chi connectivity index (χ0n) is 11.1. The average molecular weight is 259 g/mol. The van der Waals surface area contributed by atoms with Crippen molar-refractivity contribution in [1.29, 1.82) is 0 Å². The van der Waals surface area contributed by atoms with Crippen molar-refractivity contribution in [2.45, 2.75) is 26.0 Å². The molecular formula is C15H17NO3. The number of hydrogen-bond donors (Lipinski definition) is 0. The second-order valence-corrected chi connectivity index (χ2v) is 3.90. The Bertz CT molecular complexity index is 474. The molecule has 0 aromatic heterocycles. The Morgan fingerprint density at radius 1 is 1.42 bits per heavy atom. The van der Waals surface area contributed by atoms with E-state index in [0.717, 1.165) is 5.56 Å². The van der Waals surface area contributed by atoms with Gasteiger partial charge in [0.2, 0.25) is 0 Å². The minimum absolute atomic E-state index is 0.413. The van der Waals surface area contributed by atoms with E-state index in [-0.39, 0.29) is 0 Å². The van der Waals surface area contributed by atoms with Crippen LogP contribution in [-0.2, 0) is 20.9 Å². The highest BCUT2D eigenvalue weighted by Gasteiger charge is 2.28. The Hall–Kier alpha value is -2.28. The molecule has 0 N–H and O–H groups in total. The molecular weight excluding hydrogens is 242 g/mol. The first-order chi connectivity index (χ1) is 9.22. The summed E-state index contributed by atoms with van der Waals surface area (Å²) in [5.41, 5.74) is 1.66. The van der Waals surface area contributed by atoms with Crippen LogP contribution in [0.5, 0.6) is 0 Å². The lowest BCUT2D eigenvalue weighted by atomic mass is 10.1. The summed E-state index contributed by atoms with van der Waals surface area (Å²) in [5.74, 6) is -0.550. The monoisotopic (exact) mass is 259 g/mol. The topological polar surface area (TPSA) is 39.9 Å². The molecule has 4 heteroatoms. The third-order valence-electron chi connectivity index (χ3n) is 2.64. The van der Waals surface area contributed by atoms with E-state index in [1.807, 2.05) is 37.3 Å². The third-order valence-corrected chi connectivity index (χ3v) is 2.64. The Morgan fingerprint density at radius 2 is 2.11 bits per heavy atom. The summed E-state index contributed by atoms with van der Waals surface area (Å²) in [6.45, 7) is 9.34. The van der Waals surface area contributed by atoms with Crippen molar-refractivity contribution in [1.82, 2.24) is 0 Å². The van der Waals surface area contributed by atoms with Crippen molar-refractivity contribution in [2.24, 2.45) is 0 Å². The van der Waals surface area contributed by atoms with Crippen molar-refractivity contribution < 1.29 is 14.3 Å². The van der Waals surface area contributed by atoms with Crippen LogP contribution in [0.3, 0.4) is 0 Å². The van der Waals surface area contributed by atoms with Crippen LogP contribution >= 0.6 is 0 Å². The number of esters is 1. The molecule has 1 unspecified atom stereocenters. The molecule has 4 nitrogen and oxygen atoms in total. The molecule has 0 heterocycles. The van der Waals surface area contributed by atoms with Gasteiger partial charge >= 0.3 is 12.0 Å². The van der Waals surface area contributed by atoms with Crippen LogP contribution < -0.4 is 0 Å². The molecule has 1 aromatic carbocycles. The van der Waals surface area contributed by atoms with Crippen molar-refractivity contribution in [3.63, 3.8) is 0 Å². The summed E-state index contributed by atoms with van der Waals surface area (Å²) in [7, 11) is 1.28. The predicted octanol–water partition coefficient (Wildman–Crippen LogP) is 2.96. The second kappa shape index (κ2) is 7.93. The number of nitrogens with zero attached hydrogens (tertiary/aromatic N) is 1. The SMILES string of the molecule is [C-]#[N+]C(C(=O)OC)/C(=C\OCc1ccccc1)CC. The Labute approximate surface area is 113 Å². The highest BCUT2D eigenvalue weighted by atomic mass is 16.5. The smallest absolute Gasteiger partial charge is 0.394 e. The summed E-state index contributed by atoms with van der Waals surface area (Å²) < 4.78 is 10.0. The molecule has 0 aliphatic carbocycles. The van der Waals surface area contributed by atoms with Crippen LogP contribution in [0.1, 0.15) is 18.9 Å². The van der Waals surface area contributed by atoms with Gasteiger partial charge in [0.25, 0.3) is 0 Å². The van der Waals surface area contributed by atoms with Crippen molar-refractivity contribution in [3.8, 4) is 0 Å². The van der Waals surface area contributed by atoms with Crippen LogP contribution in [0.4, 0.5) is 0 Å². The molecule has 100 valence electrons. The largest absolute Gasteiger partial charge is 0.496 e. The van der Waals surface area contributed by atoms with Crippen molar-refractivity contribution in [2.75, 3.05) is 7.11 Å². The fourth-order valence-electron chi connectivity index (χ4n) is 1.56. The lowest BCUT2D eigenvalue weighted by Crippen LogP contribution is -2.21. The number of methoxy groups -OCH3 is 1. The second-order valence-electron chi connectivity index (χ2n) is 3.90. The summed E-state index contributed by atoms with van der Waals surface area (Å²) in [4.78, 5) is 14.7. The first-order valence-corrected chi connectivity index (χ1v) is 6.01. The molecule has 19 heavy (non-hydrogen) atoms. The number of carbonyl (C=O) groups is 1. The van der Waals surface area contributed by atoms with Gasteiger partial charge in [-0.1, -0.05) is 37.3 Å². The van der Waals surface area contributed by atoms with Gasteiger partial charge in [0, 0.05) is 0 Å². The fourth-order valence-corrected chi connectivity index (χ4v) is 1.56. The standard InChI is InChI=1S/C15H17NO3/c1-4-13(14(16-2)15(17)18-3)11-19-10-12-8-6-5-7-9-12/h5-9,11,14H,4,10H2,1,3H3/b13-11-. The van der Waals surface area contributed by atoms with Gasteiger partial charge in [-0.05, 0) is 12.0 Å². The summed E-state index contributed by atoms with van der Waals surface area (Å²) in [6.07, 6.45) is 2.06. The molecule has 1 aromatic rings. The van der Waals surface area contributed by atoms with Crippen LogP contribution in [0.2, 0.25) is 0 Å². The van der Waals surface area contributed by atoms with Gasteiger partial charge in [-0.3, -0.25) is 4.85 Å². The van der Waals surface area contributed by atoms with Gasteiger partial charge in [0.05, 0.1) is 18.9 Å². The Balaban J connectivity index is 2.66. The first-order valence-electron chi connectivity index (χ1n) is 6.01. The van der Waals surface area contributed by atoms with E-state index in [1.165, 1.54) is 13.4 Å². The average Bonchev–Trinajstić information content (AvgIpc) is 2.47. The van der Waals surface area contributed by atoms with Gasteiger partial charge in [-0.15, -0.1) is 0 Å². The zero-order chi connectivity index (χ0) is 14.1. The van der Waals surface area contributed by atoms with Gasteiger partial charge in [0.1, 0.15) is 6.61 Å².